The molecule has 0 saturated heterocycles. The standard InChI is InChI=1S/C19H21FN2O5S/c1-12(2)22-28(25,26)15-10-8-14(9-11-15)21-18(23)13(3)27-19(24)16-6-4-5-7-17(16)20/h4-13,22H,1-3H3,(H,21,23)/t13-/m0/s1. The molecule has 1 atom stereocenters. The highest BCUT2D eigenvalue weighted by Crippen LogP contribution is 2.15. The van der Waals surface area contributed by atoms with E-state index in [1.807, 2.05) is 0 Å². The van der Waals surface area contributed by atoms with Crippen LogP contribution in [0.15, 0.2) is 53.4 Å². The van der Waals surface area contributed by atoms with Crippen molar-refractivity contribution >= 4 is 27.6 Å². The fourth-order valence-electron chi connectivity index (χ4n) is 2.24. The molecule has 2 aromatic rings. The van der Waals surface area contributed by atoms with Crippen LogP contribution in [0.4, 0.5) is 10.1 Å². The van der Waals surface area contributed by atoms with Crippen molar-refractivity contribution in [3.63, 3.8) is 0 Å². The van der Waals surface area contributed by atoms with Crippen LogP contribution >= 0.6 is 0 Å². The minimum atomic E-state index is -3.64. The smallest absolute Gasteiger partial charge is 0.341 e. The lowest BCUT2D eigenvalue weighted by Crippen LogP contribution is -2.31. The molecule has 0 fully saturated rings. The second-order valence-corrected chi connectivity index (χ2v) is 8.03. The normalized spacial score (nSPS) is 12.5. The third-order valence-electron chi connectivity index (χ3n) is 3.57. The van der Waals surface area contributed by atoms with Gasteiger partial charge in [-0.2, -0.15) is 0 Å². The van der Waals surface area contributed by atoms with Crippen molar-refractivity contribution in [1.29, 1.82) is 0 Å². The number of amides is 1. The molecule has 9 heteroatoms. The van der Waals surface area contributed by atoms with E-state index in [2.05, 4.69) is 10.0 Å². The topological polar surface area (TPSA) is 102 Å². The SMILES string of the molecule is CC(C)NS(=O)(=O)c1ccc(NC(=O)[C@H](C)OC(=O)c2ccccc2F)cc1. The first-order chi connectivity index (χ1) is 13.1. The number of esters is 1. The lowest BCUT2D eigenvalue weighted by atomic mass is 10.2. The number of rotatable bonds is 7. The monoisotopic (exact) mass is 408 g/mol. The van der Waals surface area contributed by atoms with Crippen LogP contribution in [0.3, 0.4) is 0 Å². The molecule has 0 radical (unpaired) electrons. The van der Waals surface area contributed by atoms with Gasteiger partial charge in [-0.1, -0.05) is 12.1 Å². The van der Waals surface area contributed by atoms with Crippen LogP contribution < -0.4 is 10.0 Å². The minimum Gasteiger partial charge on any atom is -0.449 e. The Hall–Kier alpha value is -2.78. The molecule has 2 aromatic carbocycles. The molecule has 1 amide bonds. The highest BCUT2D eigenvalue weighted by molar-refractivity contribution is 7.89. The molecule has 0 heterocycles. The van der Waals surface area contributed by atoms with Crippen LogP contribution in [0.1, 0.15) is 31.1 Å². The summed E-state index contributed by atoms with van der Waals surface area (Å²) in [7, 11) is -3.64. The molecule has 0 unspecified atom stereocenters. The predicted octanol–water partition coefficient (Wildman–Crippen LogP) is 2.70. The number of ether oxygens (including phenoxy) is 1. The zero-order valence-electron chi connectivity index (χ0n) is 15.6. The van der Waals surface area contributed by atoms with E-state index in [0.29, 0.717) is 5.69 Å². The van der Waals surface area contributed by atoms with Crippen molar-refractivity contribution in [2.45, 2.75) is 37.8 Å². The summed E-state index contributed by atoms with van der Waals surface area (Å²) in [5.41, 5.74) is 0.0525. The zero-order valence-corrected chi connectivity index (χ0v) is 16.4. The molecular formula is C19H21FN2O5S. The van der Waals surface area contributed by atoms with Gasteiger partial charge in [-0.15, -0.1) is 0 Å². The number of anilines is 1. The van der Waals surface area contributed by atoms with E-state index >= 15 is 0 Å². The van der Waals surface area contributed by atoms with E-state index in [-0.39, 0.29) is 16.5 Å². The maximum atomic E-state index is 13.6. The summed E-state index contributed by atoms with van der Waals surface area (Å²) in [6.45, 7) is 4.76. The Labute approximate surface area is 163 Å². The number of hydrogen-bond acceptors (Lipinski definition) is 5. The Balaban J connectivity index is 2.00. The molecular weight excluding hydrogens is 387 g/mol. The van der Waals surface area contributed by atoms with Crippen LogP contribution in [0.2, 0.25) is 0 Å². The van der Waals surface area contributed by atoms with Gasteiger partial charge in [0.1, 0.15) is 5.82 Å². The highest BCUT2D eigenvalue weighted by atomic mass is 32.2. The number of benzene rings is 2. The average Bonchev–Trinajstić information content (AvgIpc) is 2.61. The van der Waals surface area contributed by atoms with E-state index in [4.69, 9.17) is 4.74 Å². The highest BCUT2D eigenvalue weighted by Gasteiger charge is 2.21. The molecule has 0 aliphatic rings. The Kier molecular flexibility index (Phi) is 6.87. The Morgan fingerprint density at radius 2 is 1.61 bits per heavy atom. The summed E-state index contributed by atoms with van der Waals surface area (Å²) in [5, 5.41) is 2.51. The van der Waals surface area contributed by atoms with E-state index < -0.39 is 33.8 Å². The number of halogens is 1. The van der Waals surface area contributed by atoms with Gasteiger partial charge in [-0.25, -0.2) is 22.3 Å². The number of carbonyl (C=O) groups excluding carboxylic acids is 2. The number of carbonyl (C=O) groups is 2. The van der Waals surface area contributed by atoms with Crippen molar-refractivity contribution < 1.29 is 27.1 Å². The van der Waals surface area contributed by atoms with Gasteiger partial charge in [0.05, 0.1) is 10.5 Å². The molecule has 0 aromatic heterocycles. The zero-order chi connectivity index (χ0) is 20.9. The second-order valence-electron chi connectivity index (χ2n) is 6.32. The van der Waals surface area contributed by atoms with E-state index in [1.54, 1.807) is 13.8 Å². The summed E-state index contributed by atoms with van der Waals surface area (Å²) in [5.74, 6) is -2.34. The molecule has 2 N–H and O–H groups in total. The molecule has 7 nitrogen and oxygen atoms in total. The molecule has 0 aliphatic carbocycles. The van der Waals surface area contributed by atoms with Gasteiger partial charge in [0.2, 0.25) is 10.0 Å². The first-order valence-electron chi connectivity index (χ1n) is 8.49. The lowest BCUT2D eigenvalue weighted by Gasteiger charge is -2.14. The Morgan fingerprint density at radius 1 is 1.00 bits per heavy atom. The number of hydrogen-bond donors (Lipinski definition) is 2. The third kappa shape index (κ3) is 5.61. The molecule has 0 spiro atoms. The maximum Gasteiger partial charge on any atom is 0.341 e. The summed E-state index contributed by atoms with van der Waals surface area (Å²) in [6, 6.07) is 10.5. The average molecular weight is 408 g/mol. The third-order valence-corrected chi connectivity index (χ3v) is 5.24. The molecule has 150 valence electrons. The van der Waals surface area contributed by atoms with E-state index in [0.717, 1.165) is 6.07 Å². The van der Waals surface area contributed by atoms with E-state index in [9.17, 15) is 22.4 Å². The fourth-order valence-corrected chi connectivity index (χ4v) is 3.50. The summed E-state index contributed by atoms with van der Waals surface area (Å²) < 4.78 is 45.2. The van der Waals surface area contributed by atoms with Crippen LogP contribution in [-0.2, 0) is 19.6 Å². The molecule has 0 saturated carbocycles. The summed E-state index contributed by atoms with van der Waals surface area (Å²) in [4.78, 5) is 24.2. The fraction of sp³-hybridized carbons (Fsp3) is 0.263. The summed E-state index contributed by atoms with van der Waals surface area (Å²) >= 11 is 0. The van der Waals surface area contributed by atoms with Gasteiger partial charge in [0, 0.05) is 11.7 Å². The second kappa shape index (κ2) is 8.94. The van der Waals surface area contributed by atoms with Gasteiger partial charge in [-0.3, -0.25) is 4.79 Å². The van der Waals surface area contributed by atoms with Crippen molar-refractivity contribution in [2.75, 3.05) is 5.32 Å². The molecule has 0 bridgehead atoms. The minimum absolute atomic E-state index is 0.0539. The molecule has 28 heavy (non-hydrogen) atoms. The molecule has 0 aliphatic heterocycles. The van der Waals surface area contributed by atoms with Crippen LogP contribution in [0, 0.1) is 5.82 Å². The number of nitrogens with one attached hydrogen (secondary N) is 2. The Morgan fingerprint density at radius 3 is 2.18 bits per heavy atom. The predicted molar refractivity (Wildman–Crippen MR) is 102 cm³/mol. The largest absolute Gasteiger partial charge is 0.449 e. The summed E-state index contributed by atoms with van der Waals surface area (Å²) in [6.07, 6.45) is -1.18. The van der Waals surface area contributed by atoms with Crippen molar-refractivity contribution in [3.05, 3.63) is 59.9 Å². The lowest BCUT2D eigenvalue weighted by molar-refractivity contribution is -0.123. The van der Waals surface area contributed by atoms with Gasteiger partial charge in [0.15, 0.2) is 6.10 Å². The first-order valence-corrected chi connectivity index (χ1v) is 9.97. The van der Waals surface area contributed by atoms with Crippen LogP contribution in [0.25, 0.3) is 0 Å². The van der Waals surface area contributed by atoms with Gasteiger partial charge in [-0.05, 0) is 57.2 Å². The van der Waals surface area contributed by atoms with Crippen LogP contribution in [-0.4, -0.2) is 32.4 Å². The van der Waals surface area contributed by atoms with E-state index in [1.165, 1.54) is 49.4 Å². The first kappa shape index (κ1) is 21.5. The number of sulfonamides is 1. The van der Waals surface area contributed by atoms with Gasteiger partial charge >= 0.3 is 5.97 Å². The van der Waals surface area contributed by atoms with Gasteiger partial charge in [0.25, 0.3) is 5.91 Å². The quantitative estimate of drug-likeness (QED) is 0.686. The molecule has 2 rings (SSSR count). The maximum absolute atomic E-state index is 13.6. The van der Waals surface area contributed by atoms with Gasteiger partial charge < -0.3 is 10.1 Å². The Bertz CT molecular complexity index is 959. The van der Waals surface area contributed by atoms with Crippen molar-refractivity contribution in [2.24, 2.45) is 0 Å². The van der Waals surface area contributed by atoms with Crippen LogP contribution in [0.5, 0.6) is 0 Å². The van der Waals surface area contributed by atoms with Crippen molar-refractivity contribution in [1.82, 2.24) is 4.72 Å². The van der Waals surface area contributed by atoms with Crippen molar-refractivity contribution in [3.8, 4) is 0 Å².